The van der Waals surface area contributed by atoms with E-state index in [4.69, 9.17) is 46.9 Å². The number of carbonyl (C=O) groups excluding carboxylic acids is 4. The van der Waals surface area contributed by atoms with Crippen molar-refractivity contribution in [2.45, 2.75) is 479 Å². The number of carbonyl (C=O) groups is 4. The second-order valence-corrected chi connectivity index (χ2v) is 33.5. The molecule has 2 aliphatic heterocycles. The van der Waals surface area contributed by atoms with Crippen LogP contribution in [-0.2, 0) is 70.7 Å². The quantitative estimate of drug-likeness (QED) is 0.00889. The van der Waals surface area contributed by atoms with Crippen LogP contribution in [0.4, 0.5) is 0 Å². The van der Waals surface area contributed by atoms with E-state index in [2.05, 4.69) is 52.0 Å². The molecule has 25 nitrogen and oxygen atoms in total. The number of aliphatic hydroxyl groups is 9. The van der Waals surface area contributed by atoms with E-state index in [0.29, 0.717) is 32.1 Å². The molecule has 0 bridgehead atoms. The number of phosphoric acid groups is 1. The summed E-state index contributed by atoms with van der Waals surface area (Å²) in [6.07, 6.45) is 24.8. The summed E-state index contributed by atoms with van der Waals surface area (Å²) in [5, 5.41) is 102. The lowest BCUT2D eigenvalue weighted by Crippen LogP contribution is -2.70. The minimum absolute atomic E-state index is 0.0149. The Morgan fingerprint density at radius 1 is 0.345 bits per heavy atom. The zero-order chi connectivity index (χ0) is 82.5. The summed E-state index contributed by atoms with van der Waals surface area (Å²) in [5.41, 5.74) is 0. The molecule has 3 rings (SSSR count). The molecule has 0 aromatic heterocycles. The van der Waals surface area contributed by atoms with Crippen molar-refractivity contribution < 1.29 is 122 Å². The molecule has 0 amide bonds. The molecule has 1 aliphatic carbocycles. The summed E-state index contributed by atoms with van der Waals surface area (Å²) in [4.78, 5) is 66.3. The number of esters is 4. The number of hydrogen-bond donors (Lipinski definition) is 10. The molecule has 3 fully saturated rings. The second-order valence-electron chi connectivity index (χ2n) is 32.1. The van der Waals surface area contributed by atoms with Crippen LogP contribution in [0.3, 0.4) is 0 Å². The molecular formula is C87H159O25P. The van der Waals surface area contributed by atoms with Crippen LogP contribution in [0, 0.1) is 0 Å². The molecule has 0 aromatic rings. The highest BCUT2D eigenvalue weighted by Crippen LogP contribution is 2.49. The van der Waals surface area contributed by atoms with E-state index in [1.165, 1.54) is 148 Å². The molecular weight excluding hydrogens is 1480 g/mol. The summed E-state index contributed by atoms with van der Waals surface area (Å²) in [7, 11) is -5.80. The molecule has 18 unspecified atom stereocenters. The molecule has 2 heterocycles. The van der Waals surface area contributed by atoms with Crippen molar-refractivity contribution in [2.75, 3.05) is 26.4 Å². The van der Waals surface area contributed by atoms with Crippen LogP contribution in [0.25, 0.3) is 0 Å². The minimum Gasteiger partial charge on any atom is -0.463 e. The topological polar surface area (TPSA) is 380 Å². The van der Waals surface area contributed by atoms with Gasteiger partial charge in [0.25, 0.3) is 0 Å². The van der Waals surface area contributed by atoms with Crippen molar-refractivity contribution in [3.8, 4) is 0 Å². The molecule has 0 radical (unpaired) electrons. The Hall–Kier alpha value is -3.05. The lowest BCUT2D eigenvalue weighted by molar-refractivity contribution is -0.360. The normalized spacial score (nSPS) is 25.6. The second kappa shape index (κ2) is 66.7. The first-order chi connectivity index (χ1) is 54.7. The Labute approximate surface area is 679 Å². The maximum Gasteiger partial charge on any atom is 0.472 e. The van der Waals surface area contributed by atoms with Gasteiger partial charge < -0.3 is 88.7 Å². The van der Waals surface area contributed by atoms with Gasteiger partial charge in [-0.25, -0.2) is 4.57 Å². The van der Waals surface area contributed by atoms with E-state index in [1.807, 2.05) is 0 Å². The number of unbranched alkanes of at least 4 members (excludes halogenated alkanes) is 44. The molecule has 113 heavy (non-hydrogen) atoms. The van der Waals surface area contributed by atoms with Crippen LogP contribution in [0.5, 0.6) is 0 Å². The van der Waals surface area contributed by atoms with E-state index in [-0.39, 0.29) is 25.7 Å². The van der Waals surface area contributed by atoms with Crippen LogP contribution < -0.4 is 0 Å². The van der Waals surface area contributed by atoms with Gasteiger partial charge in [0.15, 0.2) is 24.8 Å². The van der Waals surface area contributed by atoms with E-state index in [0.717, 1.165) is 141 Å². The Balaban J connectivity index is 1.94. The van der Waals surface area contributed by atoms with E-state index in [1.54, 1.807) is 0 Å². The van der Waals surface area contributed by atoms with Gasteiger partial charge in [-0.15, -0.1) is 0 Å². The van der Waals surface area contributed by atoms with Gasteiger partial charge in [-0.3, -0.25) is 28.2 Å². The molecule has 1 saturated carbocycles. The first kappa shape index (κ1) is 104. The van der Waals surface area contributed by atoms with Crippen molar-refractivity contribution >= 4 is 31.7 Å². The third kappa shape index (κ3) is 47.5. The zero-order valence-electron chi connectivity index (χ0n) is 70.2. The highest BCUT2D eigenvalue weighted by molar-refractivity contribution is 7.47. The monoisotopic (exact) mass is 1640 g/mol. The summed E-state index contributed by atoms with van der Waals surface area (Å²) in [6.45, 7) is 5.54. The number of allylic oxidation sites excluding steroid dienone is 4. The van der Waals surface area contributed by atoms with Crippen LogP contribution in [0.15, 0.2) is 24.3 Å². The Bertz CT molecular complexity index is 2460. The smallest absolute Gasteiger partial charge is 0.463 e. The number of phosphoric ester groups is 1. The highest BCUT2D eigenvalue weighted by Gasteiger charge is 2.60. The van der Waals surface area contributed by atoms with Crippen molar-refractivity contribution in [3.63, 3.8) is 0 Å². The third-order valence-corrected chi connectivity index (χ3v) is 22.9. The highest BCUT2D eigenvalue weighted by atomic mass is 31.2. The van der Waals surface area contributed by atoms with Gasteiger partial charge in [-0.2, -0.15) is 0 Å². The van der Waals surface area contributed by atoms with Crippen molar-refractivity contribution in [1.82, 2.24) is 0 Å². The molecule has 26 heteroatoms. The van der Waals surface area contributed by atoms with Crippen LogP contribution in [0.2, 0.25) is 0 Å². The SMILES string of the molecule is CCCCCC/C=C\CCCCCCCCCC(=O)OC1C(O)C(O)C(OC2OC(CO)C(O)C(O)C2O)C(OP(=O)(O)OCC(COC(=O)CCCCC/C=C\CCCCCCCC)OC(=O)CCCCCCCCCCCCCCC)C1OC1OC(COC(=O)CCCCCCCCCCCCCCC)C(O)C(O)C1O. The molecule has 662 valence electrons. The van der Waals surface area contributed by atoms with Gasteiger partial charge in [0.2, 0.25) is 0 Å². The Morgan fingerprint density at radius 3 is 1.07 bits per heavy atom. The molecule has 10 N–H and O–H groups in total. The first-order valence-electron chi connectivity index (χ1n) is 45.1. The van der Waals surface area contributed by atoms with Crippen molar-refractivity contribution in [1.29, 1.82) is 0 Å². The van der Waals surface area contributed by atoms with Crippen LogP contribution >= 0.6 is 7.82 Å². The summed E-state index contributed by atoms with van der Waals surface area (Å²) in [6, 6.07) is 0. The summed E-state index contributed by atoms with van der Waals surface area (Å²) < 4.78 is 73.2. The van der Waals surface area contributed by atoms with Gasteiger partial charge >= 0.3 is 31.7 Å². The predicted molar refractivity (Wildman–Crippen MR) is 435 cm³/mol. The molecule has 18 atom stereocenters. The van der Waals surface area contributed by atoms with Crippen LogP contribution in [0.1, 0.15) is 374 Å². The average molecular weight is 1640 g/mol. The predicted octanol–water partition coefficient (Wildman–Crippen LogP) is 15.8. The molecule has 3 aliphatic rings. The van der Waals surface area contributed by atoms with Gasteiger partial charge in [-0.1, -0.05) is 296 Å². The number of rotatable bonds is 72. The van der Waals surface area contributed by atoms with Crippen molar-refractivity contribution in [3.05, 3.63) is 24.3 Å². The number of ether oxygens (including phenoxy) is 8. The molecule has 0 aromatic carbocycles. The average Bonchev–Trinajstić information content (AvgIpc) is 0.753. The maximum atomic E-state index is 14.9. The Kier molecular flexibility index (Phi) is 61.5. The van der Waals surface area contributed by atoms with Gasteiger partial charge in [0.1, 0.15) is 92.6 Å². The van der Waals surface area contributed by atoms with Crippen LogP contribution in [-0.4, -0.2) is 205 Å². The molecule has 2 saturated heterocycles. The van der Waals surface area contributed by atoms with E-state index in [9.17, 15) is 74.6 Å². The largest absolute Gasteiger partial charge is 0.472 e. The zero-order valence-corrected chi connectivity index (χ0v) is 71.1. The van der Waals surface area contributed by atoms with E-state index >= 15 is 0 Å². The summed E-state index contributed by atoms with van der Waals surface area (Å²) in [5.74, 6) is -2.99. The third-order valence-electron chi connectivity index (χ3n) is 21.9. The maximum absolute atomic E-state index is 14.9. The van der Waals surface area contributed by atoms with Gasteiger partial charge in [0.05, 0.1) is 13.2 Å². The fourth-order valence-electron chi connectivity index (χ4n) is 14.7. The minimum atomic E-state index is -5.80. The fourth-order valence-corrected chi connectivity index (χ4v) is 15.7. The van der Waals surface area contributed by atoms with E-state index < -0.39 is 162 Å². The lowest BCUT2D eigenvalue weighted by Gasteiger charge is -2.50. The number of aliphatic hydroxyl groups excluding tert-OH is 9. The molecule has 0 spiro atoms. The number of hydrogen-bond acceptors (Lipinski definition) is 24. The Morgan fingerprint density at radius 2 is 0.664 bits per heavy atom. The first-order valence-corrected chi connectivity index (χ1v) is 46.6. The summed E-state index contributed by atoms with van der Waals surface area (Å²) >= 11 is 0. The lowest BCUT2D eigenvalue weighted by atomic mass is 9.84. The fraction of sp³-hybridized carbons (Fsp3) is 0.908. The standard InChI is InChI=1S/C87H159O25P/c1-5-9-13-17-21-25-29-33-34-38-42-46-50-54-58-62-73(92)109-82-78(97)79(98)83(110-86-80(99)76(95)74(93)68(63-88)107-86)85(84(82)111-87-81(100)77(96)75(94)69(108-87)66-104-71(90)60-56-52-48-44-40-36-31-27-23-19-15-11-7-3)112-113(101,102)105-65-67(106-72(91)61-57-53-49-45-41-37-32-28-24-20-16-12-8-4)64-103-70(89)59-55-51-47-43-39-35-30-26-22-18-14-10-6-2/h25,29,35,39,67-69,74-88,93-100H,5-24,26-28,30-34,36-38,40-66H2,1-4H3,(H,101,102)/b29-25-,39-35-. The van der Waals surface area contributed by atoms with Crippen molar-refractivity contribution in [2.24, 2.45) is 0 Å². The van der Waals surface area contributed by atoms with Gasteiger partial charge in [-0.05, 0) is 77.0 Å². The van der Waals surface area contributed by atoms with Gasteiger partial charge in [0, 0.05) is 25.7 Å².